The van der Waals surface area contributed by atoms with Crippen LogP contribution >= 0.6 is 24.0 Å². The van der Waals surface area contributed by atoms with Gasteiger partial charge in [-0.15, -0.1) is 11.8 Å². The van der Waals surface area contributed by atoms with Gasteiger partial charge in [0.05, 0.1) is 13.2 Å². The number of carbonyl (C=O) groups excluding carboxylic acids is 1. The fourth-order valence-corrected chi connectivity index (χ4v) is 3.22. The minimum absolute atomic E-state index is 0.287. The molecule has 2 rings (SSSR count). The third-order valence-electron chi connectivity index (χ3n) is 3.24. The summed E-state index contributed by atoms with van der Waals surface area (Å²) in [6, 6.07) is 5.31. The highest BCUT2D eigenvalue weighted by molar-refractivity contribution is 7.98. The largest absolute Gasteiger partial charge is 0.389 e. The van der Waals surface area contributed by atoms with Crippen LogP contribution in [0.25, 0.3) is 0 Å². The van der Waals surface area contributed by atoms with E-state index >= 15 is 0 Å². The molecule has 1 heterocycles. The Kier molecular flexibility index (Phi) is 4.85. The topological polar surface area (TPSA) is 81.6 Å². The van der Waals surface area contributed by atoms with E-state index in [2.05, 4.69) is 0 Å². The van der Waals surface area contributed by atoms with Gasteiger partial charge in [0.25, 0.3) is 0 Å². The first-order chi connectivity index (χ1) is 9.56. The number of hydrogen-bond donors (Lipinski definition) is 2. The maximum absolute atomic E-state index is 11.6. The molecule has 1 atom stereocenters. The normalized spacial score (nSPS) is 18.9. The number of morpholine rings is 1. The minimum Gasteiger partial charge on any atom is -0.389 e. The second-order valence-corrected chi connectivity index (χ2v) is 5.69. The summed E-state index contributed by atoms with van der Waals surface area (Å²) < 4.78 is 5.34. The van der Waals surface area contributed by atoms with Crippen molar-refractivity contribution in [3.63, 3.8) is 0 Å². The molecule has 0 radical (unpaired) electrons. The Hall–Kier alpha value is -1.31. The number of nitrogens with two attached hydrogens (primary N) is 2. The van der Waals surface area contributed by atoms with Gasteiger partial charge in [0.15, 0.2) is 0 Å². The number of thiocarbonyl (C=S) groups is 1. The van der Waals surface area contributed by atoms with Crippen LogP contribution in [-0.2, 0) is 9.53 Å². The Morgan fingerprint density at radius 2 is 2.25 bits per heavy atom. The first-order valence-electron chi connectivity index (χ1n) is 6.16. The van der Waals surface area contributed by atoms with Gasteiger partial charge in [0.2, 0.25) is 5.91 Å². The van der Waals surface area contributed by atoms with E-state index in [0.29, 0.717) is 18.1 Å². The van der Waals surface area contributed by atoms with Gasteiger partial charge in [0, 0.05) is 22.7 Å². The van der Waals surface area contributed by atoms with Crippen LogP contribution in [-0.4, -0.2) is 43.0 Å². The van der Waals surface area contributed by atoms with Crippen molar-refractivity contribution in [2.75, 3.05) is 30.9 Å². The third-order valence-corrected chi connectivity index (χ3v) is 4.22. The molecular weight excluding hydrogens is 294 g/mol. The van der Waals surface area contributed by atoms with Gasteiger partial charge < -0.3 is 21.1 Å². The van der Waals surface area contributed by atoms with Crippen molar-refractivity contribution in [3.05, 3.63) is 23.8 Å². The lowest BCUT2D eigenvalue weighted by atomic mass is 10.1. The first kappa shape index (κ1) is 15.1. The monoisotopic (exact) mass is 311 g/mol. The molecule has 0 spiro atoms. The van der Waals surface area contributed by atoms with E-state index in [0.717, 1.165) is 16.1 Å². The fourth-order valence-electron chi connectivity index (χ4n) is 2.30. The summed E-state index contributed by atoms with van der Waals surface area (Å²) in [5.74, 6) is -0.409. The van der Waals surface area contributed by atoms with Crippen molar-refractivity contribution < 1.29 is 9.53 Å². The predicted molar refractivity (Wildman–Crippen MR) is 85.3 cm³/mol. The van der Waals surface area contributed by atoms with Crippen LogP contribution in [0.2, 0.25) is 0 Å². The molecule has 0 aliphatic carbocycles. The van der Waals surface area contributed by atoms with Crippen LogP contribution in [0.3, 0.4) is 0 Å². The van der Waals surface area contributed by atoms with Crippen LogP contribution in [0.15, 0.2) is 23.1 Å². The van der Waals surface area contributed by atoms with Crippen LogP contribution in [0.1, 0.15) is 5.56 Å². The SMILES string of the molecule is CSc1cccc(N2CCOCC2C(N)=O)c1C(N)=S. The quantitative estimate of drug-likeness (QED) is 0.630. The molecule has 1 saturated heterocycles. The zero-order chi connectivity index (χ0) is 14.7. The number of benzene rings is 1. The van der Waals surface area contributed by atoms with Crippen molar-refractivity contribution >= 4 is 40.6 Å². The van der Waals surface area contributed by atoms with E-state index in [1.807, 2.05) is 29.4 Å². The maximum Gasteiger partial charge on any atom is 0.242 e. The highest BCUT2D eigenvalue weighted by Gasteiger charge is 2.30. The van der Waals surface area contributed by atoms with Crippen LogP contribution < -0.4 is 16.4 Å². The number of anilines is 1. The van der Waals surface area contributed by atoms with Crippen molar-refractivity contribution in [2.45, 2.75) is 10.9 Å². The maximum atomic E-state index is 11.6. The molecule has 1 aliphatic rings. The molecule has 1 aromatic carbocycles. The van der Waals surface area contributed by atoms with Crippen LogP contribution in [0.5, 0.6) is 0 Å². The van der Waals surface area contributed by atoms with Gasteiger partial charge in [-0.25, -0.2) is 0 Å². The fraction of sp³-hybridized carbons (Fsp3) is 0.385. The van der Waals surface area contributed by atoms with Gasteiger partial charge in [0.1, 0.15) is 11.0 Å². The van der Waals surface area contributed by atoms with Gasteiger partial charge in [-0.3, -0.25) is 4.79 Å². The van der Waals surface area contributed by atoms with Gasteiger partial charge in [-0.05, 0) is 18.4 Å². The summed E-state index contributed by atoms with van der Waals surface area (Å²) in [5.41, 5.74) is 13.0. The molecule has 1 amide bonds. The molecular formula is C13H17N3O2S2. The number of ether oxygens (including phenoxy) is 1. The molecule has 1 aliphatic heterocycles. The highest BCUT2D eigenvalue weighted by Crippen LogP contribution is 2.31. The first-order valence-corrected chi connectivity index (χ1v) is 7.80. The average molecular weight is 311 g/mol. The van der Waals surface area contributed by atoms with Gasteiger partial charge in [-0.2, -0.15) is 0 Å². The second-order valence-electron chi connectivity index (χ2n) is 4.41. The van der Waals surface area contributed by atoms with E-state index in [-0.39, 0.29) is 6.61 Å². The predicted octanol–water partition coefficient (Wildman–Crippen LogP) is 0.733. The summed E-state index contributed by atoms with van der Waals surface area (Å²) in [4.78, 5) is 14.8. The van der Waals surface area contributed by atoms with E-state index in [1.165, 1.54) is 0 Å². The Balaban J connectivity index is 2.50. The van der Waals surface area contributed by atoms with E-state index in [4.69, 9.17) is 28.4 Å². The number of nitrogens with zero attached hydrogens (tertiary/aromatic N) is 1. The van der Waals surface area contributed by atoms with Crippen LogP contribution in [0.4, 0.5) is 5.69 Å². The van der Waals surface area contributed by atoms with E-state index < -0.39 is 11.9 Å². The smallest absolute Gasteiger partial charge is 0.242 e. The lowest BCUT2D eigenvalue weighted by Gasteiger charge is -2.36. The number of primary amides is 1. The Labute approximate surface area is 127 Å². The summed E-state index contributed by atoms with van der Waals surface area (Å²) >= 11 is 6.74. The number of thioether (sulfide) groups is 1. The van der Waals surface area contributed by atoms with Gasteiger partial charge >= 0.3 is 0 Å². The molecule has 5 nitrogen and oxygen atoms in total. The number of carbonyl (C=O) groups is 1. The summed E-state index contributed by atoms with van der Waals surface area (Å²) in [5, 5.41) is 0. The molecule has 0 aromatic heterocycles. The third kappa shape index (κ3) is 2.89. The zero-order valence-electron chi connectivity index (χ0n) is 11.2. The molecule has 4 N–H and O–H groups in total. The Morgan fingerprint density at radius 1 is 1.50 bits per heavy atom. The van der Waals surface area contributed by atoms with Gasteiger partial charge in [-0.1, -0.05) is 18.3 Å². The van der Waals surface area contributed by atoms with Crippen molar-refractivity contribution in [1.82, 2.24) is 0 Å². The standard InChI is InChI=1S/C13H17N3O2S2/c1-20-10-4-2-3-8(11(10)13(15)19)16-5-6-18-7-9(16)12(14)17/h2-4,9H,5-7H2,1H3,(H2,14,17)(H2,15,19). The molecule has 0 saturated carbocycles. The summed E-state index contributed by atoms with van der Waals surface area (Å²) in [6.07, 6.45) is 1.96. The number of amides is 1. The molecule has 108 valence electrons. The number of hydrogen-bond acceptors (Lipinski definition) is 5. The Morgan fingerprint density at radius 3 is 2.85 bits per heavy atom. The highest BCUT2D eigenvalue weighted by atomic mass is 32.2. The van der Waals surface area contributed by atoms with E-state index in [1.54, 1.807) is 11.8 Å². The Bertz CT molecular complexity index is 536. The second kappa shape index (κ2) is 6.43. The molecule has 0 bridgehead atoms. The summed E-state index contributed by atoms with van der Waals surface area (Å²) in [7, 11) is 0. The lowest BCUT2D eigenvalue weighted by molar-refractivity contribution is -0.121. The molecule has 1 fully saturated rings. The molecule has 1 aromatic rings. The average Bonchev–Trinajstić information content (AvgIpc) is 2.46. The van der Waals surface area contributed by atoms with E-state index in [9.17, 15) is 4.79 Å². The molecule has 7 heteroatoms. The van der Waals surface area contributed by atoms with Crippen LogP contribution in [0, 0.1) is 0 Å². The summed E-state index contributed by atoms with van der Waals surface area (Å²) in [6.45, 7) is 1.42. The number of rotatable bonds is 4. The lowest BCUT2D eigenvalue weighted by Crippen LogP contribution is -2.53. The van der Waals surface area contributed by atoms with Crippen molar-refractivity contribution in [3.8, 4) is 0 Å². The molecule has 1 unspecified atom stereocenters. The van der Waals surface area contributed by atoms with Crippen molar-refractivity contribution in [1.29, 1.82) is 0 Å². The van der Waals surface area contributed by atoms with Crippen molar-refractivity contribution in [2.24, 2.45) is 11.5 Å². The minimum atomic E-state index is -0.492. The zero-order valence-corrected chi connectivity index (χ0v) is 12.8. The molecule has 20 heavy (non-hydrogen) atoms.